The summed E-state index contributed by atoms with van der Waals surface area (Å²) in [6.45, 7) is 0. The zero-order chi connectivity index (χ0) is 16.6. The fraction of sp³-hybridized carbons (Fsp3) is 0.118. The van der Waals surface area contributed by atoms with Crippen LogP contribution in [0.5, 0.6) is 5.75 Å². The molecule has 118 valence electrons. The molecule has 3 aromatic rings. The van der Waals surface area contributed by atoms with Gasteiger partial charge in [-0.2, -0.15) is 0 Å². The van der Waals surface area contributed by atoms with Gasteiger partial charge in [-0.05, 0) is 30.3 Å². The van der Waals surface area contributed by atoms with Crippen molar-refractivity contribution in [2.45, 2.75) is 0 Å². The summed E-state index contributed by atoms with van der Waals surface area (Å²) in [6, 6.07) is 8.97. The number of carbonyl (C=O) groups excluding carboxylic acids is 1. The second kappa shape index (κ2) is 5.93. The minimum Gasteiger partial charge on any atom is -0.495 e. The van der Waals surface area contributed by atoms with E-state index in [0.717, 1.165) is 0 Å². The molecule has 2 aromatic carbocycles. The van der Waals surface area contributed by atoms with Gasteiger partial charge in [0.15, 0.2) is 0 Å². The van der Waals surface area contributed by atoms with Crippen LogP contribution < -0.4 is 10.1 Å². The van der Waals surface area contributed by atoms with Gasteiger partial charge < -0.3 is 14.5 Å². The first kappa shape index (κ1) is 15.4. The summed E-state index contributed by atoms with van der Waals surface area (Å²) in [5.41, 5.74) is 1.40. The fourth-order valence-corrected chi connectivity index (χ4v) is 2.64. The highest BCUT2D eigenvalue weighted by molar-refractivity contribution is 6.33. The van der Waals surface area contributed by atoms with Crippen LogP contribution in [0.25, 0.3) is 22.3 Å². The Morgan fingerprint density at radius 2 is 1.96 bits per heavy atom. The lowest BCUT2D eigenvalue weighted by Gasteiger charge is -2.04. The first-order valence-corrected chi connectivity index (χ1v) is 7.21. The SMILES string of the molecule is CNC(=O)c1c(-c2ccc(F)cc2)oc2cc(Cl)c(OC)cc12. The molecule has 0 radical (unpaired) electrons. The molecular weight excluding hydrogens is 321 g/mol. The molecule has 1 aromatic heterocycles. The zero-order valence-corrected chi connectivity index (χ0v) is 13.2. The maximum Gasteiger partial charge on any atom is 0.255 e. The van der Waals surface area contributed by atoms with E-state index in [9.17, 15) is 9.18 Å². The molecule has 3 rings (SSSR count). The van der Waals surface area contributed by atoms with Gasteiger partial charge in [0.05, 0.1) is 17.7 Å². The summed E-state index contributed by atoms with van der Waals surface area (Å²) in [7, 11) is 3.02. The van der Waals surface area contributed by atoms with E-state index in [2.05, 4.69) is 5.32 Å². The monoisotopic (exact) mass is 333 g/mol. The zero-order valence-electron chi connectivity index (χ0n) is 12.4. The third-order valence-electron chi connectivity index (χ3n) is 3.52. The van der Waals surface area contributed by atoms with Crippen LogP contribution in [-0.4, -0.2) is 20.1 Å². The van der Waals surface area contributed by atoms with Gasteiger partial charge >= 0.3 is 0 Å². The Bertz CT molecular complexity index is 887. The van der Waals surface area contributed by atoms with Crippen LogP contribution in [0.1, 0.15) is 10.4 Å². The third-order valence-corrected chi connectivity index (χ3v) is 3.82. The number of ether oxygens (including phenoxy) is 1. The first-order valence-electron chi connectivity index (χ1n) is 6.83. The number of methoxy groups -OCH3 is 1. The van der Waals surface area contributed by atoms with Gasteiger partial charge in [-0.25, -0.2) is 4.39 Å². The van der Waals surface area contributed by atoms with Crippen molar-refractivity contribution in [1.82, 2.24) is 5.32 Å². The van der Waals surface area contributed by atoms with E-state index >= 15 is 0 Å². The van der Waals surface area contributed by atoms with Crippen LogP contribution in [0.4, 0.5) is 4.39 Å². The lowest BCUT2D eigenvalue weighted by atomic mass is 10.0. The van der Waals surface area contributed by atoms with Crippen LogP contribution >= 0.6 is 11.6 Å². The average molecular weight is 334 g/mol. The molecule has 4 nitrogen and oxygen atoms in total. The summed E-state index contributed by atoms with van der Waals surface area (Å²) in [5, 5.41) is 3.54. The number of nitrogens with one attached hydrogen (secondary N) is 1. The molecular formula is C17H13ClFNO3. The van der Waals surface area contributed by atoms with Gasteiger partial charge in [-0.1, -0.05) is 11.6 Å². The fourth-order valence-electron chi connectivity index (χ4n) is 2.41. The molecule has 0 fully saturated rings. The van der Waals surface area contributed by atoms with Crippen molar-refractivity contribution < 1.29 is 18.3 Å². The Balaban J connectivity index is 2.32. The summed E-state index contributed by atoms with van der Waals surface area (Å²) < 4.78 is 24.1. The Morgan fingerprint density at radius 1 is 1.26 bits per heavy atom. The number of carbonyl (C=O) groups is 1. The van der Waals surface area contributed by atoms with Gasteiger partial charge in [0.1, 0.15) is 22.9 Å². The number of halogens is 2. The molecule has 0 unspecified atom stereocenters. The summed E-state index contributed by atoms with van der Waals surface area (Å²) in [5.74, 6) is 0.114. The van der Waals surface area contributed by atoms with Crippen LogP contribution in [0.2, 0.25) is 5.02 Å². The average Bonchev–Trinajstić information content (AvgIpc) is 2.92. The normalized spacial score (nSPS) is 10.8. The van der Waals surface area contributed by atoms with Crippen molar-refractivity contribution in [1.29, 1.82) is 0 Å². The highest BCUT2D eigenvalue weighted by atomic mass is 35.5. The van der Waals surface area contributed by atoms with Crippen molar-refractivity contribution in [2.24, 2.45) is 0 Å². The number of hydrogen-bond donors (Lipinski definition) is 1. The van der Waals surface area contributed by atoms with E-state index in [4.69, 9.17) is 20.8 Å². The Kier molecular flexibility index (Phi) is 3.96. The van der Waals surface area contributed by atoms with E-state index in [1.165, 1.54) is 26.3 Å². The number of benzene rings is 2. The van der Waals surface area contributed by atoms with Gasteiger partial charge in [-0.15, -0.1) is 0 Å². The van der Waals surface area contributed by atoms with Crippen molar-refractivity contribution in [2.75, 3.05) is 14.2 Å². The van der Waals surface area contributed by atoms with E-state index in [-0.39, 0.29) is 11.7 Å². The van der Waals surface area contributed by atoms with Crippen LogP contribution in [0.15, 0.2) is 40.8 Å². The Hall–Kier alpha value is -2.53. The summed E-state index contributed by atoms with van der Waals surface area (Å²) in [6.07, 6.45) is 0. The molecule has 0 saturated heterocycles. The minimum atomic E-state index is -0.365. The van der Waals surface area contributed by atoms with Gasteiger partial charge in [0.2, 0.25) is 0 Å². The lowest BCUT2D eigenvalue weighted by molar-refractivity contribution is 0.0964. The standard InChI is InChI=1S/C17H13ClFNO3/c1-20-17(21)15-11-7-14(22-2)12(18)8-13(11)23-16(15)9-3-5-10(19)6-4-9/h3-8H,1-2H3,(H,20,21). The summed E-state index contributed by atoms with van der Waals surface area (Å²) >= 11 is 6.11. The summed E-state index contributed by atoms with van der Waals surface area (Å²) in [4.78, 5) is 12.3. The number of rotatable bonds is 3. The van der Waals surface area contributed by atoms with Crippen LogP contribution in [0.3, 0.4) is 0 Å². The molecule has 0 aliphatic carbocycles. The van der Waals surface area contributed by atoms with Crippen molar-refractivity contribution in [3.8, 4) is 17.1 Å². The van der Waals surface area contributed by atoms with Gasteiger partial charge in [0.25, 0.3) is 5.91 Å². The predicted molar refractivity (Wildman–Crippen MR) is 86.6 cm³/mol. The van der Waals surface area contributed by atoms with Crippen LogP contribution in [-0.2, 0) is 0 Å². The molecule has 1 amide bonds. The van der Waals surface area contributed by atoms with Gasteiger partial charge in [-0.3, -0.25) is 4.79 Å². The van der Waals surface area contributed by atoms with Crippen molar-refractivity contribution in [3.05, 3.63) is 52.8 Å². The van der Waals surface area contributed by atoms with E-state index in [1.807, 2.05) is 0 Å². The highest BCUT2D eigenvalue weighted by Crippen LogP contribution is 2.38. The maximum atomic E-state index is 13.1. The van der Waals surface area contributed by atoms with Crippen molar-refractivity contribution in [3.63, 3.8) is 0 Å². The van der Waals surface area contributed by atoms with Crippen molar-refractivity contribution >= 4 is 28.5 Å². The second-order valence-electron chi connectivity index (χ2n) is 4.88. The number of fused-ring (bicyclic) bond motifs is 1. The van der Waals surface area contributed by atoms with E-state index in [1.54, 1.807) is 24.3 Å². The minimum absolute atomic E-state index is 0.313. The number of furan rings is 1. The lowest BCUT2D eigenvalue weighted by Crippen LogP contribution is -2.18. The molecule has 0 aliphatic rings. The predicted octanol–water partition coefficient (Wildman–Crippen LogP) is 4.26. The third kappa shape index (κ3) is 2.64. The Morgan fingerprint density at radius 3 is 2.57 bits per heavy atom. The molecule has 6 heteroatoms. The quantitative estimate of drug-likeness (QED) is 0.779. The largest absolute Gasteiger partial charge is 0.495 e. The highest BCUT2D eigenvalue weighted by Gasteiger charge is 2.23. The maximum absolute atomic E-state index is 13.1. The Labute approximate surface area is 136 Å². The molecule has 1 heterocycles. The second-order valence-corrected chi connectivity index (χ2v) is 5.28. The topological polar surface area (TPSA) is 51.5 Å². The smallest absolute Gasteiger partial charge is 0.255 e. The number of amides is 1. The molecule has 0 spiro atoms. The molecule has 0 atom stereocenters. The number of hydrogen-bond acceptors (Lipinski definition) is 3. The first-order chi connectivity index (χ1) is 11.0. The molecule has 1 N–H and O–H groups in total. The molecule has 0 aliphatic heterocycles. The molecule has 23 heavy (non-hydrogen) atoms. The van der Waals surface area contributed by atoms with E-state index in [0.29, 0.717) is 38.6 Å². The molecule has 0 bridgehead atoms. The molecule has 0 saturated carbocycles. The van der Waals surface area contributed by atoms with E-state index < -0.39 is 0 Å². The van der Waals surface area contributed by atoms with Gasteiger partial charge in [0, 0.05) is 24.1 Å². The van der Waals surface area contributed by atoms with Crippen LogP contribution in [0, 0.1) is 5.82 Å².